The molecule has 1 aliphatic rings. The Hall–Kier alpha value is -2.20. The number of carbonyl (C=O) groups is 2. The van der Waals surface area contributed by atoms with Gasteiger partial charge in [-0.05, 0) is 36.2 Å². The van der Waals surface area contributed by atoms with E-state index in [2.05, 4.69) is 5.32 Å². The monoisotopic (exact) mass is 303 g/mol. The molecule has 0 bridgehead atoms. The van der Waals surface area contributed by atoms with Gasteiger partial charge in [0.15, 0.2) is 5.78 Å². The lowest BCUT2D eigenvalue weighted by Gasteiger charge is -2.18. The largest absolute Gasteiger partial charge is 0.326 e. The molecule has 0 radical (unpaired) electrons. The van der Waals surface area contributed by atoms with Crippen LogP contribution in [0, 0.1) is 5.82 Å². The predicted molar refractivity (Wildman–Crippen MR) is 78.2 cm³/mol. The zero-order valence-corrected chi connectivity index (χ0v) is 11.7. The summed E-state index contributed by atoms with van der Waals surface area (Å²) in [6.07, 6.45) is 0.834. The molecule has 21 heavy (non-hydrogen) atoms. The smallest absolute Gasteiger partial charge is 0.224 e. The molecule has 0 saturated carbocycles. The lowest BCUT2D eigenvalue weighted by molar-refractivity contribution is -0.116. The van der Waals surface area contributed by atoms with Gasteiger partial charge in [0.1, 0.15) is 5.82 Å². The van der Waals surface area contributed by atoms with E-state index in [0.29, 0.717) is 29.1 Å². The highest BCUT2D eigenvalue weighted by molar-refractivity contribution is 6.31. The number of fused-ring (bicyclic) bond motifs is 1. The zero-order chi connectivity index (χ0) is 15.0. The van der Waals surface area contributed by atoms with E-state index in [-0.39, 0.29) is 11.5 Å². The maximum Gasteiger partial charge on any atom is 0.224 e. The number of ketones is 1. The number of nitrogens with one attached hydrogen (secondary N) is 1. The molecule has 106 valence electrons. The molecule has 2 aromatic rings. The molecule has 0 aromatic heterocycles. The van der Waals surface area contributed by atoms with Crippen LogP contribution in [-0.2, 0) is 11.2 Å². The normalized spacial score (nSPS) is 13.5. The van der Waals surface area contributed by atoms with Crippen molar-refractivity contribution in [2.45, 2.75) is 12.8 Å². The van der Waals surface area contributed by atoms with Crippen LogP contribution in [0.5, 0.6) is 0 Å². The van der Waals surface area contributed by atoms with Gasteiger partial charge in [-0.25, -0.2) is 4.39 Å². The maximum atomic E-state index is 14.1. The third-order valence-electron chi connectivity index (χ3n) is 3.42. The van der Waals surface area contributed by atoms with Crippen molar-refractivity contribution in [2.75, 3.05) is 5.32 Å². The van der Waals surface area contributed by atoms with Gasteiger partial charge in [0.25, 0.3) is 0 Å². The number of rotatable bonds is 2. The van der Waals surface area contributed by atoms with Crippen molar-refractivity contribution < 1.29 is 14.0 Å². The minimum absolute atomic E-state index is 0.00725. The molecule has 2 aromatic carbocycles. The topological polar surface area (TPSA) is 46.2 Å². The van der Waals surface area contributed by atoms with Crippen LogP contribution in [0.25, 0.3) is 0 Å². The van der Waals surface area contributed by atoms with Crippen LogP contribution >= 0.6 is 11.6 Å². The average molecular weight is 304 g/mol. The highest BCUT2D eigenvalue weighted by Gasteiger charge is 2.21. The second kappa shape index (κ2) is 5.30. The lowest BCUT2D eigenvalue weighted by Crippen LogP contribution is -2.20. The van der Waals surface area contributed by atoms with E-state index in [1.54, 1.807) is 18.2 Å². The standard InChI is InChI=1S/C16H11ClFNO2/c17-11-3-1-2-10(6-11)16(21)12-7-9-4-5-15(20)19-14(9)8-13(12)18/h1-3,6-8H,4-5H2,(H,19,20). The van der Waals surface area contributed by atoms with Gasteiger partial charge in [0.2, 0.25) is 5.91 Å². The summed E-state index contributed by atoms with van der Waals surface area (Å²) in [6, 6.07) is 9.10. The number of hydrogen-bond donors (Lipinski definition) is 1. The van der Waals surface area contributed by atoms with E-state index in [1.807, 2.05) is 0 Å². The van der Waals surface area contributed by atoms with Crippen LogP contribution in [0.1, 0.15) is 27.9 Å². The maximum absolute atomic E-state index is 14.1. The Labute approximate surface area is 125 Å². The van der Waals surface area contributed by atoms with E-state index in [4.69, 9.17) is 11.6 Å². The third-order valence-corrected chi connectivity index (χ3v) is 3.65. The van der Waals surface area contributed by atoms with Crippen LogP contribution in [0.4, 0.5) is 10.1 Å². The number of hydrogen-bond acceptors (Lipinski definition) is 2. The fourth-order valence-electron chi connectivity index (χ4n) is 2.36. The summed E-state index contributed by atoms with van der Waals surface area (Å²) in [5.41, 5.74) is 1.53. The third kappa shape index (κ3) is 2.67. The van der Waals surface area contributed by atoms with Gasteiger partial charge in [-0.2, -0.15) is 0 Å². The number of anilines is 1. The van der Waals surface area contributed by atoms with Crippen molar-refractivity contribution in [1.29, 1.82) is 0 Å². The van der Waals surface area contributed by atoms with Crippen LogP contribution < -0.4 is 5.32 Å². The van der Waals surface area contributed by atoms with E-state index >= 15 is 0 Å². The van der Waals surface area contributed by atoms with Gasteiger partial charge >= 0.3 is 0 Å². The van der Waals surface area contributed by atoms with Crippen LogP contribution in [-0.4, -0.2) is 11.7 Å². The van der Waals surface area contributed by atoms with E-state index in [0.717, 1.165) is 5.56 Å². The highest BCUT2D eigenvalue weighted by atomic mass is 35.5. The molecule has 5 heteroatoms. The van der Waals surface area contributed by atoms with Gasteiger partial charge in [0.05, 0.1) is 5.56 Å². The summed E-state index contributed by atoms with van der Waals surface area (Å²) >= 11 is 5.85. The molecule has 0 atom stereocenters. The number of amides is 1. The number of carbonyl (C=O) groups excluding carboxylic acids is 2. The summed E-state index contributed by atoms with van der Waals surface area (Å²) in [5, 5.41) is 3.03. The van der Waals surface area contributed by atoms with Gasteiger partial charge in [-0.1, -0.05) is 23.7 Å². The Bertz CT molecular complexity index is 758. The molecule has 0 unspecified atom stereocenters. The van der Waals surface area contributed by atoms with E-state index in [9.17, 15) is 14.0 Å². The quantitative estimate of drug-likeness (QED) is 0.862. The van der Waals surface area contributed by atoms with E-state index in [1.165, 1.54) is 18.2 Å². The number of halogens is 2. The molecule has 3 rings (SSSR count). The fourth-order valence-corrected chi connectivity index (χ4v) is 2.55. The first-order valence-corrected chi connectivity index (χ1v) is 6.85. The minimum Gasteiger partial charge on any atom is -0.326 e. The Morgan fingerprint density at radius 3 is 2.76 bits per heavy atom. The van der Waals surface area contributed by atoms with Crippen molar-refractivity contribution in [2.24, 2.45) is 0 Å². The molecule has 0 saturated heterocycles. The van der Waals surface area contributed by atoms with Gasteiger partial charge in [-0.15, -0.1) is 0 Å². The Balaban J connectivity index is 2.03. The first-order chi connectivity index (χ1) is 10.0. The second-order valence-electron chi connectivity index (χ2n) is 4.88. The van der Waals surface area contributed by atoms with Gasteiger partial charge in [-0.3, -0.25) is 9.59 Å². The van der Waals surface area contributed by atoms with E-state index < -0.39 is 11.6 Å². The van der Waals surface area contributed by atoms with Crippen molar-refractivity contribution in [1.82, 2.24) is 0 Å². The Kier molecular flexibility index (Phi) is 3.47. The molecule has 0 spiro atoms. The fraction of sp³-hybridized carbons (Fsp3) is 0.125. The second-order valence-corrected chi connectivity index (χ2v) is 5.31. The molecule has 1 aliphatic heterocycles. The lowest BCUT2D eigenvalue weighted by atomic mass is 9.96. The zero-order valence-electron chi connectivity index (χ0n) is 11.0. The summed E-state index contributed by atoms with van der Waals surface area (Å²) < 4.78 is 14.1. The Morgan fingerprint density at radius 1 is 1.19 bits per heavy atom. The molecular weight excluding hydrogens is 293 g/mol. The summed E-state index contributed by atoms with van der Waals surface area (Å²) in [5.74, 6) is -1.22. The molecule has 0 aliphatic carbocycles. The summed E-state index contributed by atoms with van der Waals surface area (Å²) in [4.78, 5) is 23.7. The minimum atomic E-state index is -0.652. The van der Waals surface area contributed by atoms with Crippen molar-refractivity contribution in [3.63, 3.8) is 0 Å². The highest BCUT2D eigenvalue weighted by Crippen LogP contribution is 2.27. The average Bonchev–Trinajstić information content (AvgIpc) is 2.45. The molecular formula is C16H11ClFNO2. The van der Waals surface area contributed by atoms with Crippen molar-refractivity contribution in [3.05, 3.63) is 63.9 Å². The summed E-state index contributed by atoms with van der Waals surface area (Å²) in [7, 11) is 0. The van der Waals surface area contributed by atoms with Crippen LogP contribution in [0.3, 0.4) is 0 Å². The number of aryl methyl sites for hydroxylation is 1. The molecule has 1 N–H and O–H groups in total. The van der Waals surface area contributed by atoms with Gasteiger partial charge in [0, 0.05) is 22.7 Å². The SMILES string of the molecule is O=C1CCc2cc(C(=O)c3cccc(Cl)c3)c(F)cc2N1. The van der Waals surface area contributed by atoms with Crippen LogP contribution in [0.2, 0.25) is 5.02 Å². The van der Waals surface area contributed by atoms with Crippen molar-refractivity contribution in [3.8, 4) is 0 Å². The predicted octanol–water partition coefficient (Wildman–Crippen LogP) is 3.59. The van der Waals surface area contributed by atoms with Crippen LogP contribution in [0.15, 0.2) is 36.4 Å². The molecule has 1 heterocycles. The first-order valence-electron chi connectivity index (χ1n) is 6.47. The molecule has 1 amide bonds. The van der Waals surface area contributed by atoms with Crippen molar-refractivity contribution >= 4 is 29.0 Å². The molecule has 0 fully saturated rings. The summed E-state index contributed by atoms with van der Waals surface area (Å²) in [6.45, 7) is 0. The van der Waals surface area contributed by atoms with Gasteiger partial charge < -0.3 is 5.32 Å². The Morgan fingerprint density at radius 2 is 2.00 bits per heavy atom. The first kappa shape index (κ1) is 13.8. The number of benzene rings is 2. The molecule has 3 nitrogen and oxygen atoms in total.